The number of rotatable bonds is 2. The summed E-state index contributed by atoms with van der Waals surface area (Å²) >= 11 is 0. The van der Waals surface area contributed by atoms with Gasteiger partial charge in [0.05, 0.1) is 13.7 Å². The predicted molar refractivity (Wildman–Crippen MR) is 39.2 cm³/mol. The zero-order valence-corrected chi connectivity index (χ0v) is 7.17. The average molecular weight is 199 g/mol. The average Bonchev–Trinajstić information content (AvgIpc) is 1.84. The number of hydrogen-bond donors (Lipinski definition) is 1. The Bertz CT molecular complexity index is 88.6. The molecule has 0 fully saturated rings. The summed E-state index contributed by atoms with van der Waals surface area (Å²) in [6.07, 6.45) is 0. The molecule has 0 radical (unpaired) electrons. The highest BCUT2D eigenvalue weighted by molar-refractivity contribution is 8.93. The molecule has 0 heterocycles. The van der Waals surface area contributed by atoms with Crippen LogP contribution in [0, 0.1) is 0 Å². The van der Waals surface area contributed by atoms with Crippen LogP contribution in [0.15, 0.2) is 0 Å². The maximum absolute atomic E-state index is 10.4. The van der Waals surface area contributed by atoms with Gasteiger partial charge in [-0.2, -0.15) is 0 Å². The van der Waals surface area contributed by atoms with Gasteiger partial charge in [-0.15, -0.1) is 17.0 Å². The molecule has 0 rings (SSSR count). The van der Waals surface area contributed by atoms with Gasteiger partial charge in [0.2, 0.25) is 0 Å². The van der Waals surface area contributed by atoms with Crippen LogP contribution in [0.5, 0.6) is 0 Å². The molecule has 0 saturated carbocycles. The number of nitrogens with zero attached hydrogens (tertiary/aromatic N) is 1. The number of halogens is 1. The summed E-state index contributed by atoms with van der Waals surface area (Å²) in [5.41, 5.74) is 4.98. The second-order valence-corrected chi connectivity index (χ2v) is 1.28. The number of nitrogens with two attached hydrogens (primary N) is 1. The minimum Gasteiger partial charge on any atom is -0.322 e. The Kier molecular flexibility index (Phi) is 7.76. The van der Waals surface area contributed by atoms with E-state index in [2.05, 4.69) is 4.84 Å². The van der Waals surface area contributed by atoms with E-state index in [-0.39, 0.29) is 29.4 Å². The van der Waals surface area contributed by atoms with Crippen molar-refractivity contribution in [3.63, 3.8) is 0 Å². The van der Waals surface area contributed by atoms with Crippen LogP contribution in [0.4, 0.5) is 0 Å². The molecular weight excluding hydrogens is 188 g/mol. The van der Waals surface area contributed by atoms with Crippen molar-refractivity contribution < 1.29 is 9.63 Å². The molecule has 0 aliphatic rings. The molecule has 0 spiro atoms. The first-order valence-corrected chi connectivity index (χ1v) is 2.23. The van der Waals surface area contributed by atoms with Gasteiger partial charge in [-0.3, -0.25) is 9.63 Å². The number of carbonyl (C=O) groups excluding carboxylic acids is 1. The minimum absolute atomic E-state index is 0. The number of hydroxylamine groups is 2. The Balaban J connectivity index is 0. The van der Waals surface area contributed by atoms with Crippen LogP contribution in [0.25, 0.3) is 0 Å². The van der Waals surface area contributed by atoms with E-state index < -0.39 is 0 Å². The summed E-state index contributed by atoms with van der Waals surface area (Å²) in [5, 5.41) is 1.08. The molecule has 2 N–H and O–H groups in total. The largest absolute Gasteiger partial charge is 0.322 e. The van der Waals surface area contributed by atoms with Crippen molar-refractivity contribution in [2.24, 2.45) is 5.73 Å². The van der Waals surface area contributed by atoms with Crippen molar-refractivity contribution in [3.05, 3.63) is 0 Å². The Morgan fingerprint density at radius 1 is 1.78 bits per heavy atom. The molecular formula is C4H11BrN2O2. The normalized spacial score (nSPS) is 7.89. The summed E-state index contributed by atoms with van der Waals surface area (Å²) in [6, 6.07) is 0. The minimum atomic E-state index is -0.229. The Morgan fingerprint density at radius 3 is 2.33 bits per heavy atom. The van der Waals surface area contributed by atoms with E-state index in [0.29, 0.717) is 0 Å². The highest BCUT2D eigenvalue weighted by atomic mass is 79.9. The smallest absolute Gasteiger partial charge is 0.259 e. The van der Waals surface area contributed by atoms with Gasteiger partial charge in [-0.25, -0.2) is 5.06 Å². The quantitative estimate of drug-likeness (QED) is 0.612. The van der Waals surface area contributed by atoms with Gasteiger partial charge in [0.15, 0.2) is 0 Å². The first kappa shape index (κ1) is 11.6. The molecule has 0 unspecified atom stereocenters. The fraction of sp³-hybridized carbons (Fsp3) is 0.750. The van der Waals surface area contributed by atoms with Crippen LogP contribution in [-0.4, -0.2) is 31.7 Å². The molecule has 4 nitrogen and oxygen atoms in total. The fourth-order valence-electron chi connectivity index (χ4n) is 0.230. The van der Waals surface area contributed by atoms with E-state index in [0.717, 1.165) is 5.06 Å². The van der Waals surface area contributed by atoms with Gasteiger partial charge in [0, 0.05) is 7.05 Å². The highest BCUT2D eigenvalue weighted by Gasteiger charge is 2.01. The van der Waals surface area contributed by atoms with Crippen LogP contribution < -0.4 is 5.73 Å². The molecule has 0 aliphatic heterocycles. The second kappa shape index (κ2) is 6.00. The Labute approximate surface area is 64.7 Å². The maximum Gasteiger partial charge on any atom is 0.259 e. The monoisotopic (exact) mass is 198 g/mol. The molecule has 0 bridgehead atoms. The standard InChI is InChI=1S/C4H10N2O2.BrH/c1-6(8-2)4(7)3-5;/h3,5H2,1-2H3;1H. The van der Waals surface area contributed by atoms with Crippen molar-refractivity contribution >= 4 is 22.9 Å². The van der Waals surface area contributed by atoms with Gasteiger partial charge in [0.1, 0.15) is 0 Å². The van der Waals surface area contributed by atoms with Gasteiger partial charge in [-0.05, 0) is 0 Å². The number of hydrogen-bond acceptors (Lipinski definition) is 3. The van der Waals surface area contributed by atoms with Crippen LogP contribution >= 0.6 is 17.0 Å². The summed E-state index contributed by atoms with van der Waals surface area (Å²) in [4.78, 5) is 14.9. The van der Waals surface area contributed by atoms with Gasteiger partial charge in [0.25, 0.3) is 5.91 Å². The third-order valence-corrected chi connectivity index (χ3v) is 0.800. The lowest BCUT2D eigenvalue weighted by Gasteiger charge is -2.10. The molecule has 0 aromatic heterocycles. The van der Waals surface area contributed by atoms with E-state index in [1.165, 1.54) is 14.2 Å². The predicted octanol–water partition coefficient (Wildman–Crippen LogP) is -0.457. The van der Waals surface area contributed by atoms with Gasteiger partial charge < -0.3 is 5.73 Å². The first-order valence-electron chi connectivity index (χ1n) is 2.23. The molecule has 0 saturated heterocycles. The molecule has 0 aliphatic carbocycles. The van der Waals surface area contributed by atoms with Crippen LogP contribution in [0.1, 0.15) is 0 Å². The molecule has 9 heavy (non-hydrogen) atoms. The van der Waals surface area contributed by atoms with Gasteiger partial charge in [-0.1, -0.05) is 0 Å². The summed E-state index contributed by atoms with van der Waals surface area (Å²) in [5.74, 6) is -0.229. The third kappa shape index (κ3) is 4.38. The van der Waals surface area contributed by atoms with E-state index in [1.54, 1.807) is 0 Å². The molecule has 56 valence electrons. The summed E-state index contributed by atoms with van der Waals surface area (Å²) < 4.78 is 0. The number of amides is 1. The molecule has 5 heteroatoms. The molecule has 0 aromatic rings. The van der Waals surface area contributed by atoms with E-state index >= 15 is 0 Å². The summed E-state index contributed by atoms with van der Waals surface area (Å²) in [7, 11) is 2.92. The van der Waals surface area contributed by atoms with E-state index in [4.69, 9.17) is 5.73 Å². The number of likely N-dealkylation sites (N-methyl/N-ethyl adjacent to an activating group) is 1. The molecule has 0 aromatic carbocycles. The summed E-state index contributed by atoms with van der Waals surface area (Å²) in [6.45, 7) is -0.00958. The van der Waals surface area contributed by atoms with Crippen molar-refractivity contribution in [1.29, 1.82) is 0 Å². The van der Waals surface area contributed by atoms with Crippen molar-refractivity contribution in [2.45, 2.75) is 0 Å². The van der Waals surface area contributed by atoms with Gasteiger partial charge >= 0.3 is 0 Å². The fourth-order valence-corrected chi connectivity index (χ4v) is 0.230. The number of carbonyl (C=O) groups is 1. The zero-order chi connectivity index (χ0) is 6.57. The molecule has 1 amide bonds. The Morgan fingerprint density at radius 2 is 2.22 bits per heavy atom. The van der Waals surface area contributed by atoms with Crippen LogP contribution in [0.3, 0.4) is 0 Å². The highest BCUT2D eigenvalue weighted by Crippen LogP contribution is 1.78. The van der Waals surface area contributed by atoms with E-state index in [9.17, 15) is 4.79 Å². The van der Waals surface area contributed by atoms with Crippen LogP contribution in [0.2, 0.25) is 0 Å². The van der Waals surface area contributed by atoms with Crippen LogP contribution in [-0.2, 0) is 9.63 Å². The molecule has 0 atom stereocenters. The lowest BCUT2D eigenvalue weighted by atomic mass is 10.6. The lowest BCUT2D eigenvalue weighted by Crippen LogP contribution is -2.31. The zero-order valence-electron chi connectivity index (χ0n) is 5.46. The Hall–Kier alpha value is -0.130. The topological polar surface area (TPSA) is 55.6 Å². The maximum atomic E-state index is 10.4. The van der Waals surface area contributed by atoms with Crippen molar-refractivity contribution in [2.75, 3.05) is 20.7 Å². The first-order chi connectivity index (χ1) is 3.72. The lowest BCUT2D eigenvalue weighted by molar-refractivity contribution is -0.166. The third-order valence-electron chi connectivity index (χ3n) is 0.800. The second-order valence-electron chi connectivity index (χ2n) is 1.28. The van der Waals surface area contributed by atoms with Crippen molar-refractivity contribution in [3.8, 4) is 0 Å². The van der Waals surface area contributed by atoms with E-state index in [1.807, 2.05) is 0 Å². The van der Waals surface area contributed by atoms with Crippen molar-refractivity contribution in [1.82, 2.24) is 5.06 Å². The SMILES string of the molecule is Br.CON(C)C(=O)CN.